The highest BCUT2D eigenvalue weighted by Crippen LogP contribution is 2.35. The molecule has 3 heterocycles. The second kappa shape index (κ2) is 4.86. The van der Waals surface area contributed by atoms with Crippen LogP contribution in [0.3, 0.4) is 0 Å². The number of ether oxygens (including phenoxy) is 1. The van der Waals surface area contributed by atoms with Crippen molar-refractivity contribution in [2.45, 2.75) is 50.4 Å². The Balaban J connectivity index is 1.70. The van der Waals surface area contributed by atoms with Gasteiger partial charge in [-0.3, -0.25) is 0 Å². The fourth-order valence-corrected chi connectivity index (χ4v) is 3.30. The molecule has 1 aromatic rings. The molecular weight excluding hydrogens is 226 g/mol. The molecule has 4 heteroatoms. The van der Waals surface area contributed by atoms with Crippen molar-refractivity contribution < 1.29 is 4.74 Å². The molecule has 2 aliphatic heterocycles. The molecule has 2 fully saturated rings. The van der Waals surface area contributed by atoms with E-state index in [9.17, 15) is 0 Å². The third-order valence-corrected chi connectivity index (χ3v) is 4.40. The Labute approximate surface area is 108 Å². The Bertz CT molecular complexity index is 409. The van der Waals surface area contributed by atoms with Crippen molar-refractivity contribution in [1.82, 2.24) is 9.88 Å². The Morgan fingerprint density at radius 2 is 2.11 bits per heavy atom. The monoisotopic (exact) mass is 247 g/mol. The number of fused-ring (bicyclic) bond motifs is 2. The molecule has 0 amide bonds. The van der Waals surface area contributed by atoms with Crippen LogP contribution in [0.4, 0.5) is 0 Å². The molecule has 2 N–H and O–H groups in total. The molecule has 0 radical (unpaired) electrons. The van der Waals surface area contributed by atoms with Crippen molar-refractivity contribution in [2.75, 3.05) is 7.05 Å². The van der Waals surface area contributed by atoms with E-state index in [1.54, 1.807) is 6.20 Å². The Hall–Kier alpha value is -1.13. The number of piperidine rings is 1. The number of hydrogen-bond donors (Lipinski definition) is 1. The van der Waals surface area contributed by atoms with Gasteiger partial charge in [0, 0.05) is 30.4 Å². The average molecular weight is 247 g/mol. The zero-order valence-electron chi connectivity index (χ0n) is 10.9. The molecule has 0 spiro atoms. The van der Waals surface area contributed by atoms with Crippen LogP contribution in [0.15, 0.2) is 18.3 Å². The number of aromatic nitrogens is 1. The lowest BCUT2D eigenvalue weighted by atomic mass is 10.0. The van der Waals surface area contributed by atoms with Crippen LogP contribution in [-0.2, 0) is 6.54 Å². The van der Waals surface area contributed by atoms with Gasteiger partial charge in [-0.05, 0) is 38.8 Å². The van der Waals surface area contributed by atoms with Gasteiger partial charge in [0.1, 0.15) is 6.10 Å². The van der Waals surface area contributed by atoms with E-state index in [0.717, 1.165) is 24.3 Å². The summed E-state index contributed by atoms with van der Waals surface area (Å²) in [4.78, 5) is 6.83. The maximum Gasteiger partial charge on any atom is 0.218 e. The van der Waals surface area contributed by atoms with Gasteiger partial charge in [-0.2, -0.15) is 0 Å². The van der Waals surface area contributed by atoms with Crippen molar-refractivity contribution >= 4 is 0 Å². The predicted molar refractivity (Wildman–Crippen MR) is 70.4 cm³/mol. The number of pyridine rings is 1. The number of nitrogens with zero attached hydrogens (tertiary/aromatic N) is 2. The normalized spacial score (nSPS) is 31.6. The first-order chi connectivity index (χ1) is 8.78. The number of nitrogens with two attached hydrogens (primary N) is 1. The lowest BCUT2D eigenvalue weighted by Gasteiger charge is -2.36. The average Bonchev–Trinajstić information content (AvgIpc) is 2.63. The Morgan fingerprint density at radius 3 is 2.78 bits per heavy atom. The summed E-state index contributed by atoms with van der Waals surface area (Å²) in [6, 6.07) is 5.29. The minimum absolute atomic E-state index is 0.305. The summed E-state index contributed by atoms with van der Waals surface area (Å²) in [5.41, 5.74) is 6.72. The van der Waals surface area contributed by atoms with Crippen molar-refractivity contribution in [3.05, 3.63) is 23.9 Å². The molecule has 2 aliphatic rings. The Morgan fingerprint density at radius 1 is 1.39 bits per heavy atom. The molecule has 1 aromatic heterocycles. The Kier molecular flexibility index (Phi) is 3.22. The predicted octanol–water partition coefficient (Wildman–Crippen LogP) is 1.54. The third-order valence-electron chi connectivity index (χ3n) is 4.40. The summed E-state index contributed by atoms with van der Waals surface area (Å²) in [7, 11) is 2.24. The highest BCUT2D eigenvalue weighted by Gasteiger charge is 2.39. The lowest BCUT2D eigenvalue weighted by molar-refractivity contribution is 0.0626. The van der Waals surface area contributed by atoms with Gasteiger partial charge in [0.2, 0.25) is 5.88 Å². The van der Waals surface area contributed by atoms with Gasteiger partial charge in [-0.25, -0.2) is 4.98 Å². The van der Waals surface area contributed by atoms with Gasteiger partial charge in [-0.1, -0.05) is 6.07 Å². The molecule has 0 saturated carbocycles. The zero-order valence-corrected chi connectivity index (χ0v) is 10.9. The van der Waals surface area contributed by atoms with E-state index >= 15 is 0 Å². The van der Waals surface area contributed by atoms with Crippen LogP contribution < -0.4 is 10.5 Å². The summed E-state index contributed by atoms with van der Waals surface area (Å²) in [5, 5.41) is 0. The van der Waals surface area contributed by atoms with E-state index in [-0.39, 0.29) is 0 Å². The van der Waals surface area contributed by atoms with Crippen LogP contribution in [0.25, 0.3) is 0 Å². The van der Waals surface area contributed by atoms with E-state index in [4.69, 9.17) is 10.5 Å². The third kappa shape index (κ3) is 2.10. The fraction of sp³-hybridized carbons (Fsp3) is 0.643. The second-order valence-corrected chi connectivity index (χ2v) is 5.43. The van der Waals surface area contributed by atoms with Crippen LogP contribution in [0.1, 0.15) is 31.2 Å². The molecule has 2 bridgehead atoms. The van der Waals surface area contributed by atoms with Gasteiger partial charge in [0.15, 0.2) is 0 Å². The van der Waals surface area contributed by atoms with Crippen LogP contribution in [-0.4, -0.2) is 35.1 Å². The summed E-state index contributed by atoms with van der Waals surface area (Å²) in [6.45, 7) is 0.489. The smallest absolute Gasteiger partial charge is 0.218 e. The second-order valence-electron chi connectivity index (χ2n) is 5.43. The van der Waals surface area contributed by atoms with Crippen molar-refractivity contribution in [3.8, 4) is 5.88 Å². The van der Waals surface area contributed by atoms with E-state index in [0.29, 0.717) is 24.7 Å². The molecular formula is C14H21N3O. The molecule has 4 nitrogen and oxygen atoms in total. The fourth-order valence-electron chi connectivity index (χ4n) is 3.30. The standard InChI is InChI=1S/C14H21N3O/c1-17-11-4-5-12(17)8-13(7-11)18-14-10(9-15)3-2-6-16-14/h2-3,6,11-13H,4-5,7-9,15H2,1H3. The molecule has 98 valence electrons. The highest BCUT2D eigenvalue weighted by molar-refractivity contribution is 5.25. The molecule has 3 rings (SSSR count). The van der Waals surface area contributed by atoms with Gasteiger partial charge in [0.25, 0.3) is 0 Å². The maximum atomic E-state index is 6.09. The molecule has 2 saturated heterocycles. The first-order valence-electron chi connectivity index (χ1n) is 6.80. The number of rotatable bonds is 3. The molecule has 18 heavy (non-hydrogen) atoms. The van der Waals surface area contributed by atoms with Crippen LogP contribution in [0.5, 0.6) is 5.88 Å². The van der Waals surface area contributed by atoms with E-state index in [1.807, 2.05) is 12.1 Å². The molecule has 2 unspecified atom stereocenters. The quantitative estimate of drug-likeness (QED) is 0.880. The molecule has 0 aromatic carbocycles. The van der Waals surface area contributed by atoms with E-state index in [2.05, 4.69) is 16.9 Å². The molecule has 2 atom stereocenters. The van der Waals surface area contributed by atoms with Gasteiger partial charge >= 0.3 is 0 Å². The van der Waals surface area contributed by atoms with Crippen molar-refractivity contribution in [3.63, 3.8) is 0 Å². The number of hydrogen-bond acceptors (Lipinski definition) is 4. The van der Waals surface area contributed by atoms with Gasteiger partial charge in [0.05, 0.1) is 0 Å². The molecule has 0 aliphatic carbocycles. The minimum atomic E-state index is 0.305. The van der Waals surface area contributed by atoms with Gasteiger partial charge < -0.3 is 15.4 Å². The minimum Gasteiger partial charge on any atom is -0.474 e. The van der Waals surface area contributed by atoms with Crippen molar-refractivity contribution in [1.29, 1.82) is 0 Å². The highest BCUT2D eigenvalue weighted by atomic mass is 16.5. The zero-order chi connectivity index (χ0) is 12.5. The van der Waals surface area contributed by atoms with E-state index < -0.39 is 0 Å². The summed E-state index contributed by atoms with van der Waals surface area (Å²) in [5.74, 6) is 0.731. The van der Waals surface area contributed by atoms with Crippen LogP contribution in [0.2, 0.25) is 0 Å². The SMILES string of the molecule is CN1C2CCC1CC(Oc1ncccc1CN)C2. The summed E-state index contributed by atoms with van der Waals surface area (Å²) >= 11 is 0. The summed E-state index contributed by atoms with van der Waals surface area (Å²) in [6.07, 6.45) is 6.94. The summed E-state index contributed by atoms with van der Waals surface area (Å²) < 4.78 is 6.09. The maximum absolute atomic E-state index is 6.09. The van der Waals surface area contributed by atoms with Crippen molar-refractivity contribution in [2.24, 2.45) is 5.73 Å². The topological polar surface area (TPSA) is 51.4 Å². The van der Waals surface area contributed by atoms with Crippen LogP contribution in [0, 0.1) is 0 Å². The lowest BCUT2D eigenvalue weighted by Crippen LogP contribution is -2.44. The largest absolute Gasteiger partial charge is 0.474 e. The van der Waals surface area contributed by atoms with E-state index in [1.165, 1.54) is 12.8 Å². The first kappa shape index (κ1) is 11.9. The first-order valence-corrected chi connectivity index (χ1v) is 6.80. The van der Waals surface area contributed by atoms with Gasteiger partial charge in [-0.15, -0.1) is 0 Å². The van der Waals surface area contributed by atoms with Crippen LogP contribution >= 0.6 is 0 Å².